The van der Waals surface area contributed by atoms with Gasteiger partial charge in [-0.05, 0) is 25.7 Å². The lowest BCUT2D eigenvalue weighted by Crippen LogP contribution is -2.45. The second-order valence-corrected chi connectivity index (χ2v) is 24.6. The van der Waals surface area contributed by atoms with Gasteiger partial charge in [0.05, 0.1) is 25.4 Å². The second-order valence-electron chi connectivity index (χ2n) is 24.6. The van der Waals surface area contributed by atoms with Crippen LogP contribution in [0.2, 0.25) is 0 Å². The highest BCUT2D eigenvalue weighted by Crippen LogP contribution is 2.20. The predicted octanol–water partition coefficient (Wildman–Crippen LogP) is 22.6. The van der Waals surface area contributed by atoms with E-state index in [1.54, 1.807) is 0 Å². The van der Waals surface area contributed by atoms with Crippen molar-refractivity contribution in [3.63, 3.8) is 0 Å². The Balaban J connectivity index is 3.37. The lowest BCUT2D eigenvalue weighted by molar-refractivity contribution is -0.143. The van der Waals surface area contributed by atoms with Crippen molar-refractivity contribution in [2.75, 3.05) is 13.2 Å². The number of nitrogens with one attached hydrogen (secondary N) is 1. The van der Waals surface area contributed by atoms with Gasteiger partial charge in [0, 0.05) is 12.8 Å². The molecule has 0 aromatic heterocycles. The minimum absolute atomic E-state index is 0.0166. The minimum atomic E-state index is -0.664. The van der Waals surface area contributed by atoms with Gasteiger partial charge in [-0.2, -0.15) is 0 Å². The van der Waals surface area contributed by atoms with Gasteiger partial charge >= 0.3 is 5.97 Å². The molecule has 0 aromatic carbocycles. The number of hydrogen-bond acceptors (Lipinski definition) is 5. The fraction of sp³-hybridized carbons (Fsp3) is 0.971. The maximum Gasteiger partial charge on any atom is 0.305 e. The van der Waals surface area contributed by atoms with Crippen LogP contribution < -0.4 is 5.32 Å². The summed E-state index contributed by atoms with van der Waals surface area (Å²) < 4.78 is 5.48. The molecule has 1 amide bonds. The van der Waals surface area contributed by atoms with Crippen LogP contribution in [0.3, 0.4) is 0 Å². The minimum Gasteiger partial charge on any atom is -0.466 e. The zero-order chi connectivity index (χ0) is 55.0. The highest BCUT2D eigenvalue weighted by atomic mass is 16.5. The summed E-state index contributed by atoms with van der Waals surface area (Å²) in [5.74, 6) is -0.0119. The van der Waals surface area contributed by atoms with Crippen LogP contribution in [0, 0.1) is 0 Å². The number of amides is 1. The zero-order valence-electron chi connectivity index (χ0n) is 52.0. The van der Waals surface area contributed by atoms with Crippen LogP contribution in [0.25, 0.3) is 0 Å². The maximum atomic E-state index is 12.6. The summed E-state index contributed by atoms with van der Waals surface area (Å²) in [5, 5.41) is 23.4. The Hall–Kier alpha value is -1.14. The Bertz CT molecular complexity index is 1100. The van der Waals surface area contributed by atoms with E-state index < -0.39 is 12.1 Å². The molecule has 6 nitrogen and oxygen atoms in total. The summed E-state index contributed by atoms with van der Waals surface area (Å²) in [5.41, 5.74) is 0. The Morgan fingerprint density at radius 2 is 0.539 bits per heavy atom. The van der Waals surface area contributed by atoms with Crippen molar-refractivity contribution >= 4 is 11.9 Å². The molecule has 454 valence electrons. The molecule has 6 heteroatoms. The Labute approximate surface area is 476 Å². The van der Waals surface area contributed by atoms with Gasteiger partial charge in [-0.25, -0.2) is 0 Å². The normalized spacial score (nSPS) is 12.4. The van der Waals surface area contributed by atoms with Crippen LogP contribution in [0.5, 0.6) is 0 Å². The highest BCUT2D eigenvalue weighted by Gasteiger charge is 2.20. The molecular formula is C70H139NO5. The number of carbonyl (C=O) groups is 2. The first-order valence-corrected chi connectivity index (χ1v) is 35.3. The molecule has 0 aromatic rings. The lowest BCUT2D eigenvalue weighted by Gasteiger charge is -2.22. The van der Waals surface area contributed by atoms with Gasteiger partial charge in [-0.1, -0.05) is 373 Å². The molecule has 0 saturated carbocycles. The van der Waals surface area contributed by atoms with E-state index in [1.807, 2.05) is 0 Å². The van der Waals surface area contributed by atoms with E-state index in [2.05, 4.69) is 19.2 Å². The summed E-state index contributed by atoms with van der Waals surface area (Å²) >= 11 is 0. The van der Waals surface area contributed by atoms with E-state index in [4.69, 9.17) is 4.74 Å². The first kappa shape index (κ1) is 74.9. The molecule has 0 aliphatic carbocycles. The van der Waals surface area contributed by atoms with E-state index in [9.17, 15) is 19.8 Å². The lowest BCUT2D eigenvalue weighted by atomic mass is 10.0. The third-order valence-corrected chi connectivity index (χ3v) is 16.9. The van der Waals surface area contributed by atoms with Gasteiger partial charge in [0.15, 0.2) is 0 Å². The van der Waals surface area contributed by atoms with Crippen LogP contribution in [-0.2, 0) is 14.3 Å². The third-order valence-electron chi connectivity index (χ3n) is 16.9. The summed E-state index contributed by atoms with van der Waals surface area (Å²) in [6.07, 6.45) is 80.0. The van der Waals surface area contributed by atoms with Gasteiger partial charge in [-0.3, -0.25) is 9.59 Å². The average molecular weight is 1070 g/mol. The third kappa shape index (κ3) is 62.1. The maximum absolute atomic E-state index is 12.6. The van der Waals surface area contributed by atoms with E-state index in [1.165, 1.54) is 340 Å². The highest BCUT2D eigenvalue weighted by molar-refractivity contribution is 5.76. The van der Waals surface area contributed by atoms with Crippen molar-refractivity contribution < 1.29 is 24.5 Å². The summed E-state index contributed by atoms with van der Waals surface area (Å²) in [6, 6.07) is -0.541. The van der Waals surface area contributed by atoms with E-state index in [0.717, 1.165) is 38.5 Å². The molecule has 76 heavy (non-hydrogen) atoms. The average Bonchev–Trinajstić information content (AvgIpc) is 3.42. The molecule has 0 fully saturated rings. The van der Waals surface area contributed by atoms with Crippen molar-refractivity contribution in [3.05, 3.63) is 0 Å². The van der Waals surface area contributed by atoms with Crippen LogP contribution >= 0.6 is 0 Å². The molecule has 0 saturated heterocycles. The number of aliphatic hydroxyl groups excluding tert-OH is 2. The molecule has 2 unspecified atom stereocenters. The molecule has 0 radical (unpaired) electrons. The number of rotatable bonds is 67. The number of esters is 1. The first-order valence-electron chi connectivity index (χ1n) is 35.3. The largest absolute Gasteiger partial charge is 0.466 e. The molecule has 0 bridgehead atoms. The number of unbranched alkanes of at least 4 members (excludes halogenated alkanes) is 56. The SMILES string of the molecule is CCCCCCCCCCCCCCCCCCCCCCCCCCC(O)C(CO)NC(=O)CCCCCCCCCCCCCCCCCCCCCCCCCOC(=O)CCCCCCCCCCCCCC. The van der Waals surface area contributed by atoms with Crippen LogP contribution in [-0.4, -0.2) is 47.4 Å². The van der Waals surface area contributed by atoms with Crippen LogP contribution in [0.1, 0.15) is 412 Å². The molecule has 0 aliphatic heterocycles. The van der Waals surface area contributed by atoms with E-state index in [0.29, 0.717) is 25.9 Å². The van der Waals surface area contributed by atoms with Gasteiger partial charge in [0.1, 0.15) is 0 Å². The van der Waals surface area contributed by atoms with Gasteiger partial charge < -0.3 is 20.3 Å². The van der Waals surface area contributed by atoms with Crippen molar-refractivity contribution in [2.45, 2.75) is 424 Å². The molecule has 0 spiro atoms. The number of carbonyl (C=O) groups excluding carboxylic acids is 2. The van der Waals surface area contributed by atoms with Gasteiger partial charge in [0.2, 0.25) is 5.91 Å². The Kier molecular flexibility index (Phi) is 65.4. The smallest absolute Gasteiger partial charge is 0.305 e. The first-order chi connectivity index (χ1) is 37.5. The van der Waals surface area contributed by atoms with Crippen LogP contribution in [0.4, 0.5) is 0 Å². The van der Waals surface area contributed by atoms with Crippen molar-refractivity contribution in [1.29, 1.82) is 0 Å². The van der Waals surface area contributed by atoms with Crippen molar-refractivity contribution in [3.8, 4) is 0 Å². The molecular weight excluding hydrogens is 935 g/mol. The standard InChI is InChI=1S/C70H139NO5/c1-3-5-7-9-11-13-15-17-18-19-20-21-22-24-27-30-33-36-39-42-46-50-54-58-62-68(73)67(66-72)71-69(74)63-59-55-51-47-43-40-37-34-31-28-25-23-26-29-32-35-38-41-45-49-53-57-61-65-76-70(75)64-60-56-52-48-44-16-14-12-10-8-6-4-2/h67-68,72-73H,3-66H2,1-2H3,(H,71,74). The summed E-state index contributed by atoms with van der Waals surface area (Å²) in [6.45, 7) is 5.00. The van der Waals surface area contributed by atoms with Gasteiger partial charge in [-0.15, -0.1) is 0 Å². The topological polar surface area (TPSA) is 95.9 Å². The number of ether oxygens (including phenoxy) is 1. The zero-order valence-corrected chi connectivity index (χ0v) is 52.0. The summed E-state index contributed by atoms with van der Waals surface area (Å²) in [4.78, 5) is 24.6. The Morgan fingerprint density at radius 1 is 0.316 bits per heavy atom. The molecule has 2 atom stereocenters. The number of aliphatic hydroxyl groups is 2. The molecule has 0 rings (SSSR count). The second kappa shape index (κ2) is 66.4. The molecule has 3 N–H and O–H groups in total. The van der Waals surface area contributed by atoms with Crippen molar-refractivity contribution in [2.24, 2.45) is 0 Å². The van der Waals surface area contributed by atoms with E-state index in [-0.39, 0.29) is 18.5 Å². The van der Waals surface area contributed by atoms with Crippen molar-refractivity contribution in [1.82, 2.24) is 5.32 Å². The quantitative estimate of drug-likeness (QED) is 0.0417. The number of hydrogen-bond donors (Lipinski definition) is 3. The molecule has 0 aliphatic rings. The molecule has 0 heterocycles. The predicted molar refractivity (Wildman–Crippen MR) is 334 cm³/mol. The fourth-order valence-electron chi connectivity index (χ4n) is 11.5. The monoisotopic (exact) mass is 1070 g/mol. The Morgan fingerprint density at radius 3 is 0.803 bits per heavy atom. The summed E-state index contributed by atoms with van der Waals surface area (Å²) in [7, 11) is 0. The van der Waals surface area contributed by atoms with E-state index >= 15 is 0 Å². The fourth-order valence-corrected chi connectivity index (χ4v) is 11.5. The van der Waals surface area contributed by atoms with Crippen LogP contribution in [0.15, 0.2) is 0 Å². The van der Waals surface area contributed by atoms with Gasteiger partial charge in [0.25, 0.3) is 0 Å².